The third kappa shape index (κ3) is 3.70. The molecule has 1 amide bonds. The summed E-state index contributed by atoms with van der Waals surface area (Å²) in [6, 6.07) is 10.9. The molecular formula is C19H15ClN2O4S. The van der Waals surface area contributed by atoms with Gasteiger partial charge in [0.15, 0.2) is 11.5 Å². The fourth-order valence-corrected chi connectivity index (χ4v) is 3.78. The quantitative estimate of drug-likeness (QED) is 0.694. The average Bonchev–Trinajstić information content (AvgIpc) is 3.35. The van der Waals surface area contributed by atoms with Crippen LogP contribution in [0.5, 0.6) is 17.2 Å². The second-order valence-corrected chi connectivity index (χ2v) is 7.02. The largest absolute Gasteiger partial charge is 0.497 e. The summed E-state index contributed by atoms with van der Waals surface area (Å²) < 4.78 is 15.8. The lowest BCUT2D eigenvalue weighted by atomic mass is 10.2. The summed E-state index contributed by atoms with van der Waals surface area (Å²) in [5, 5.41) is 5.77. The van der Waals surface area contributed by atoms with Gasteiger partial charge in [0.2, 0.25) is 6.79 Å². The van der Waals surface area contributed by atoms with Gasteiger partial charge < -0.3 is 19.5 Å². The minimum atomic E-state index is -0.250. The fourth-order valence-electron chi connectivity index (χ4n) is 2.62. The highest BCUT2D eigenvalue weighted by molar-refractivity contribution is 7.13. The Morgan fingerprint density at radius 2 is 2.11 bits per heavy atom. The summed E-state index contributed by atoms with van der Waals surface area (Å²) in [6.45, 7) is 0.590. The van der Waals surface area contributed by atoms with E-state index in [2.05, 4.69) is 10.3 Å². The smallest absolute Gasteiger partial charge is 0.271 e. The van der Waals surface area contributed by atoms with Crippen molar-refractivity contribution in [1.29, 1.82) is 0 Å². The number of benzene rings is 2. The number of hydrogen-bond acceptors (Lipinski definition) is 6. The van der Waals surface area contributed by atoms with Gasteiger partial charge in [0, 0.05) is 17.5 Å². The van der Waals surface area contributed by atoms with Crippen molar-refractivity contribution in [3.8, 4) is 27.8 Å². The molecule has 0 atom stereocenters. The Kier molecular flexibility index (Phi) is 4.87. The van der Waals surface area contributed by atoms with E-state index in [0.29, 0.717) is 39.5 Å². The highest BCUT2D eigenvalue weighted by Crippen LogP contribution is 2.34. The van der Waals surface area contributed by atoms with E-state index in [1.54, 1.807) is 18.6 Å². The van der Waals surface area contributed by atoms with Crippen molar-refractivity contribution in [2.24, 2.45) is 0 Å². The van der Waals surface area contributed by atoms with E-state index in [1.165, 1.54) is 11.3 Å². The number of thiazole rings is 1. The van der Waals surface area contributed by atoms with Crippen LogP contribution >= 0.6 is 22.9 Å². The van der Waals surface area contributed by atoms with Crippen LogP contribution in [0.4, 0.5) is 0 Å². The standard InChI is InChI=1S/C19H15ClN2O4S/c1-24-12-3-4-13(14(20)7-12)19-22-15(9-27-19)18(23)21-8-11-2-5-16-17(6-11)26-10-25-16/h2-7,9H,8,10H2,1H3,(H,21,23). The number of fused-ring (bicyclic) bond motifs is 1. The maximum Gasteiger partial charge on any atom is 0.271 e. The second-order valence-electron chi connectivity index (χ2n) is 5.75. The Morgan fingerprint density at radius 3 is 2.93 bits per heavy atom. The number of rotatable bonds is 5. The molecule has 0 aliphatic carbocycles. The van der Waals surface area contributed by atoms with E-state index in [4.69, 9.17) is 25.8 Å². The van der Waals surface area contributed by atoms with E-state index >= 15 is 0 Å². The molecule has 1 aliphatic heterocycles. The number of ether oxygens (including phenoxy) is 3. The van der Waals surface area contributed by atoms with Crippen molar-refractivity contribution in [2.75, 3.05) is 13.9 Å². The summed E-state index contributed by atoms with van der Waals surface area (Å²) in [6.07, 6.45) is 0. The van der Waals surface area contributed by atoms with Gasteiger partial charge in [0.1, 0.15) is 16.5 Å². The summed E-state index contributed by atoms with van der Waals surface area (Å²) in [5.41, 5.74) is 2.03. The Bertz CT molecular complexity index is 1010. The molecule has 1 aromatic heterocycles. The van der Waals surface area contributed by atoms with Crippen LogP contribution in [0.1, 0.15) is 16.1 Å². The molecule has 1 N–H and O–H groups in total. The molecule has 0 saturated carbocycles. The minimum absolute atomic E-state index is 0.223. The number of nitrogens with one attached hydrogen (secondary N) is 1. The van der Waals surface area contributed by atoms with Gasteiger partial charge in [-0.05, 0) is 35.9 Å². The number of halogens is 1. The first-order valence-electron chi connectivity index (χ1n) is 8.10. The molecule has 0 bridgehead atoms. The zero-order valence-corrected chi connectivity index (χ0v) is 15.9. The van der Waals surface area contributed by atoms with Gasteiger partial charge in [-0.2, -0.15) is 0 Å². The van der Waals surface area contributed by atoms with Gasteiger partial charge >= 0.3 is 0 Å². The van der Waals surface area contributed by atoms with Crippen molar-refractivity contribution in [3.05, 3.63) is 58.1 Å². The molecule has 0 fully saturated rings. The maximum atomic E-state index is 12.4. The third-order valence-electron chi connectivity index (χ3n) is 4.03. The predicted molar refractivity (Wildman–Crippen MR) is 103 cm³/mol. The number of carbonyl (C=O) groups excluding carboxylic acids is 1. The highest BCUT2D eigenvalue weighted by atomic mass is 35.5. The van der Waals surface area contributed by atoms with Crippen LogP contribution < -0.4 is 19.5 Å². The van der Waals surface area contributed by atoms with Crippen molar-refractivity contribution >= 4 is 28.8 Å². The molecule has 0 saturated heterocycles. The van der Waals surface area contributed by atoms with E-state index in [9.17, 15) is 4.79 Å². The van der Waals surface area contributed by atoms with Crippen molar-refractivity contribution in [3.63, 3.8) is 0 Å². The molecule has 4 rings (SSSR count). The molecule has 1 aliphatic rings. The first-order valence-corrected chi connectivity index (χ1v) is 9.36. The van der Waals surface area contributed by atoms with Gasteiger partial charge in [-0.25, -0.2) is 4.98 Å². The van der Waals surface area contributed by atoms with E-state index in [-0.39, 0.29) is 12.7 Å². The van der Waals surface area contributed by atoms with Gasteiger partial charge in [0.05, 0.1) is 12.1 Å². The molecule has 0 spiro atoms. The fraction of sp³-hybridized carbons (Fsp3) is 0.158. The van der Waals surface area contributed by atoms with E-state index < -0.39 is 0 Å². The number of carbonyl (C=O) groups is 1. The third-order valence-corrected chi connectivity index (χ3v) is 5.22. The highest BCUT2D eigenvalue weighted by Gasteiger charge is 2.16. The summed E-state index contributed by atoms with van der Waals surface area (Å²) in [5.74, 6) is 1.82. The molecule has 2 heterocycles. The monoisotopic (exact) mass is 402 g/mol. The number of aromatic nitrogens is 1. The molecule has 0 unspecified atom stereocenters. The van der Waals surface area contributed by atoms with Crippen LogP contribution in [-0.2, 0) is 6.54 Å². The minimum Gasteiger partial charge on any atom is -0.497 e. The van der Waals surface area contributed by atoms with Gasteiger partial charge in [-0.1, -0.05) is 17.7 Å². The van der Waals surface area contributed by atoms with Crippen LogP contribution in [0.2, 0.25) is 5.02 Å². The van der Waals surface area contributed by atoms with Crippen molar-refractivity contribution < 1.29 is 19.0 Å². The molecule has 8 heteroatoms. The van der Waals surface area contributed by atoms with Crippen molar-refractivity contribution in [1.82, 2.24) is 10.3 Å². The molecular weight excluding hydrogens is 388 g/mol. The van der Waals surface area contributed by atoms with Crippen LogP contribution in [0.3, 0.4) is 0 Å². The zero-order chi connectivity index (χ0) is 18.8. The van der Waals surface area contributed by atoms with E-state index in [0.717, 1.165) is 11.1 Å². The molecule has 3 aromatic rings. The lowest BCUT2D eigenvalue weighted by Crippen LogP contribution is -2.23. The Balaban J connectivity index is 1.44. The number of amides is 1. The molecule has 2 aromatic carbocycles. The molecule has 0 radical (unpaired) electrons. The number of methoxy groups -OCH3 is 1. The van der Waals surface area contributed by atoms with Crippen LogP contribution in [0, 0.1) is 0 Å². The SMILES string of the molecule is COc1ccc(-c2nc(C(=O)NCc3ccc4c(c3)OCO4)cs2)c(Cl)c1. The summed E-state index contributed by atoms with van der Waals surface area (Å²) in [7, 11) is 1.58. The Morgan fingerprint density at radius 1 is 1.26 bits per heavy atom. The topological polar surface area (TPSA) is 69.7 Å². The number of nitrogens with zero attached hydrogens (tertiary/aromatic N) is 1. The normalized spacial score (nSPS) is 12.1. The lowest BCUT2D eigenvalue weighted by molar-refractivity contribution is 0.0946. The second kappa shape index (κ2) is 7.46. The van der Waals surface area contributed by atoms with Gasteiger partial charge in [-0.15, -0.1) is 11.3 Å². The Hall–Kier alpha value is -2.77. The average molecular weight is 403 g/mol. The lowest BCUT2D eigenvalue weighted by Gasteiger charge is -2.05. The summed E-state index contributed by atoms with van der Waals surface area (Å²) >= 11 is 7.65. The van der Waals surface area contributed by atoms with E-state index in [1.807, 2.05) is 30.3 Å². The number of hydrogen-bond donors (Lipinski definition) is 1. The van der Waals surface area contributed by atoms with Gasteiger partial charge in [0.25, 0.3) is 5.91 Å². The first-order chi connectivity index (χ1) is 13.1. The van der Waals surface area contributed by atoms with Crippen molar-refractivity contribution in [2.45, 2.75) is 6.54 Å². The molecule has 6 nitrogen and oxygen atoms in total. The predicted octanol–water partition coefficient (Wildman–Crippen LogP) is 4.13. The van der Waals surface area contributed by atoms with Crippen LogP contribution in [0.25, 0.3) is 10.6 Å². The Labute approximate surface area is 164 Å². The molecule has 27 heavy (non-hydrogen) atoms. The van der Waals surface area contributed by atoms with Crippen LogP contribution in [-0.4, -0.2) is 24.8 Å². The maximum absolute atomic E-state index is 12.4. The van der Waals surface area contributed by atoms with Gasteiger partial charge in [-0.3, -0.25) is 4.79 Å². The summed E-state index contributed by atoms with van der Waals surface area (Å²) in [4.78, 5) is 16.8. The van der Waals surface area contributed by atoms with Crippen LogP contribution in [0.15, 0.2) is 41.8 Å². The zero-order valence-electron chi connectivity index (χ0n) is 14.3. The molecule has 138 valence electrons. The first kappa shape index (κ1) is 17.6.